The molecule has 2 heterocycles. The molecule has 9 nitrogen and oxygen atoms in total. The van der Waals surface area contributed by atoms with Gasteiger partial charge in [0.1, 0.15) is 5.75 Å². The maximum Gasteiger partial charge on any atom is 0.281 e. The van der Waals surface area contributed by atoms with Crippen molar-refractivity contribution < 1.29 is 17.9 Å². The number of rotatable bonds is 6. The number of ether oxygens (including phenoxy) is 1. The Morgan fingerprint density at radius 3 is 2.31 bits per heavy atom. The van der Waals surface area contributed by atoms with E-state index in [1.165, 1.54) is 22.7 Å². The lowest BCUT2D eigenvalue weighted by atomic mass is 9.87. The fourth-order valence-corrected chi connectivity index (χ4v) is 4.98. The molecule has 1 amide bonds. The summed E-state index contributed by atoms with van der Waals surface area (Å²) in [4.78, 5) is 14.7. The van der Waals surface area contributed by atoms with E-state index in [9.17, 15) is 13.2 Å². The SMILES string of the molecule is COc1ccc(C2NNC(C)C2CC(=O)N2CCN(S(=O)(=O)N(C)C)CC2)cc1. The number of methoxy groups -OCH3 is 1. The first-order valence-electron chi connectivity index (χ1n) is 9.84. The van der Waals surface area contributed by atoms with Crippen molar-refractivity contribution in [1.29, 1.82) is 0 Å². The van der Waals surface area contributed by atoms with Gasteiger partial charge in [-0.2, -0.15) is 17.0 Å². The summed E-state index contributed by atoms with van der Waals surface area (Å²) in [5, 5.41) is 0. The van der Waals surface area contributed by atoms with Crippen LogP contribution in [0.25, 0.3) is 0 Å². The maximum atomic E-state index is 12.9. The van der Waals surface area contributed by atoms with Crippen LogP contribution in [0.15, 0.2) is 24.3 Å². The van der Waals surface area contributed by atoms with Gasteiger partial charge in [0.15, 0.2) is 0 Å². The molecule has 0 aromatic heterocycles. The summed E-state index contributed by atoms with van der Waals surface area (Å²) in [5.41, 5.74) is 7.65. The number of carbonyl (C=O) groups excluding carboxylic acids is 1. The lowest BCUT2D eigenvalue weighted by Gasteiger charge is -2.36. The van der Waals surface area contributed by atoms with Gasteiger partial charge in [-0.1, -0.05) is 12.1 Å². The molecule has 0 saturated carbocycles. The second kappa shape index (κ2) is 8.97. The third-order valence-corrected chi connectivity index (χ3v) is 7.74. The second-order valence-corrected chi connectivity index (χ2v) is 9.91. The number of benzene rings is 1. The summed E-state index contributed by atoms with van der Waals surface area (Å²) in [6.45, 7) is 3.55. The molecule has 2 saturated heterocycles. The second-order valence-electron chi connectivity index (χ2n) is 7.77. The molecule has 0 spiro atoms. The minimum absolute atomic E-state index is 0.0234. The van der Waals surface area contributed by atoms with E-state index in [1.54, 1.807) is 12.0 Å². The summed E-state index contributed by atoms with van der Waals surface area (Å²) in [7, 11) is 1.25. The van der Waals surface area contributed by atoms with Crippen LogP contribution in [0.4, 0.5) is 0 Å². The predicted octanol–water partition coefficient (Wildman–Crippen LogP) is 0.190. The molecule has 0 radical (unpaired) electrons. The molecule has 0 aliphatic carbocycles. The molecule has 2 aliphatic heterocycles. The van der Waals surface area contributed by atoms with Crippen molar-refractivity contribution in [2.24, 2.45) is 5.92 Å². The van der Waals surface area contributed by atoms with Gasteiger partial charge in [-0.3, -0.25) is 10.2 Å². The first-order valence-corrected chi connectivity index (χ1v) is 11.2. The van der Waals surface area contributed by atoms with E-state index in [4.69, 9.17) is 4.74 Å². The maximum absolute atomic E-state index is 12.9. The van der Waals surface area contributed by atoms with Crippen molar-refractivity contribution in [3.05, 3.63) is 29.8 Å². The van der Waals surface area contributed by atoms with Gasteiger partial charge in [-0.15, -0.1) is 0 Å². The molecular weight excluding hydrogens is 394 g/mol. The lowest BCUT2D eigenvalue weighted by molar-refractivity contribution is -0.133. The zero-order valence-electron chi connectivity index (χ0n) is 17.5. The number of hydrogen-bond donors (Lipinski definition) is 2. The Balaban J connectivity index is 1.61. The standard InChI is InChI=1S/C19H31N5O4S/c1-14-17(19(21-20-14)15-5-7-16(28-4)8-6-15)13-18(25)23-9-11-24(12-10-23)29(26,27)22(2)3/h5-8,14,17,19-21H,9-13H2,1-4H3. The smallest absolute Gasteiger partial charge is 0.281 e. The van der Waals surface area contributed by atoms with E-state index in [-0.39, 0.29) is 23.9 Å². The van der Waals surface area contributed by atoms with Gasteiger partial charge >= 0.3 is 0 Å². The molecule has 10 heteroatoms. The highest BCUT2D eigenvalue weighted by atomic mass is 32.2. The van der Waals surface area contributed by atoms with Crippen molar-refractivity contribution in [3.8, 4) is 5.75 Å². The molecule has 3 rings (SSSR count). The van der Waals surface area contributed by atoms with Crippen molar-refractivity contribution in [3.63, 3.8) is 0 Å². The van der Waals surface area contributed by atoms with Crippen LogP contribution in [0, 0.1) is 5.92 Å². The largest absolute Gasteiger partial charge is 0.497 e. The minimum Gasteiger partial charge on any atom is -0.497 e. The average molecular weight is 426 g/mol. The van der Waals surface area contributed by atoms with Crippen LogP contribution < -0.4 is 15.6 Å². The topological polar surface area (TPSA) is 94.2 Å². The first-order chi connectivity index (χ1) is 13.7. The molecule has 1 aromatic rings. The Bertz CT molecular complexity index is 806. The van der Waals surface area contributed by atoms with Crippen LogP contribution in [0.3, 0.4) is 0 Å². The summed E-state index contributed by atoms with van der Waals surface area (Å²) in [5.74, 6) is 0.957. The summed E-state index contributed by atoms with van der Waals surface area (Å²) in [6.07, 6.45) is 0.401. The molecule has 2 aliphatic rings. The van der Waals surface area contributed by atoms with E-state index in [0.29, 0.717) is 32.6 Å². The monoisotopic (exact) mass is 425 g/mol. The van der Waals surface area contributed by atoms with Crippen LogP contribution in [-0.2, 0) is 15.0 Å². The predicted molar refractivity (Wildman–Crippen MR) is 110 cm³/mol. The van der Waals surface area contributed by atoms with E-state index >= 15 is 0 Å². The van der Waals surface area contributed by atoms with Crippen LogP contribution in [0.2, 0.25) is 0 Å². The number of hydrazine groups is 1. The number of amides is 1. The van der Waals surface area contributed by atoms with E-state index in [1.807, 2.05) is 24.3 Å². The van der Waals surface area contributed by atoms with Gasteiger partial charge in [0.25, 0.3) is 10.2 Å². The van der Waals surface area contributed by atoms with Gasteiger partial charge in [-0.25, -0.2) is 5.43 Å². The number of hydrogen-bond acceptors (Lipinski definition) is 6. The van der Waals surface area contributed by atoms with Crippen molar-refractivity contribution in [2.75, 3.05) is 47.4 Å². The van der Waals surface area contributed by atoms with Crippen LogP contribution in [0.1, 0.15) is 24.9 Å². The van der Waals surface area contributed by atoms with Crippen LogP contribution in [0.5, 0.6) is 5.75 Å². The highest BCUT2D eigenvalue weighted by Crippen LogP contribution is 2.32. The van der Waals surface area contributed by atoms with Crippen molar-refractivity contribution in [2.45, 2.75) is 25.4 Å². The molecule has 2 N–H and O–H groups in total. The summed E-state index contributed by atoms with van der Waals surface area (Å²) in [6, 6.07) is 8.03. The fourth-order valence-electron chi connectivity index (χ4n) is 3.89. The lowest BCUT2D eigenvalue weighted by Crippen LogP contribution is -2.53. The minimum atomic E-state index is -3.43. The Kier molecular flexibility index (Phi) is 6.79. The Morgan fingerprint density at radius 1 is 1.14 bits per heavy atom. The van der Waals surface area contributed by atoms with E-state index in [0.717, 1.165) is 11.3 Å². The summed E-state index contributed by atoms with van der Waals surface area (Å²) < 4.78 is 32.4. The quantitative estimate of drug-likeness (QED) is 0.676. The zero-order valence-corrected chi connectivity index (χ0v) is 18.3. The first kappa shape index (κ1) is 22.0. The van der Waals surface area contributed by atoms with Gasteiger partial charge in [0.2, 0.25) is 5.91 Å². The highest BCUT2D eigenvalue weighted by molar-refractivity contribution is 7.86. The van der Waals surface area contributed by atoms with Gasteiger partial charge in [0, 0.05) is 58.7 Å². The van der Waals surface area contributed by atoms with Crippen molar-refractivity contribution >= 4 is 16.1 Å². The van der Waals surface area contributed by atoms with Gasteiger partial charge in [-0.05, 0) is 24.6 Å². The third-order valence-electron chi connectivity index (χ3n) is 5.80. The molecule has 0 bridgehead atoms. The Morgan fingerprint density at radius 2 is 1.76 bits per heavy atom. The molecule has 3 atom stereocenters. The molecule has 162 valence electrons. The Hall–Kier alpha value is -1.72. The third kappa shape index (κ3) is 4.72. The van der Waals surface area contributed by atoms with E-state index < -0.39 is 10.2 Å². The molecule has 2 fully saturated rings. The molecule has 3 unspecified atom stereocenters. The number of nitrogens with one attached hydrogen (secondary N) is 2. The average Bonchev–Trinajstić information content (AvgIpc) is 3.08. The normalized spacial score (nSPS) is 26.1. The molecular formula is C19H31N5O4S. The van der Waals surface area contributed by atoms with Crippen LogP contribution >= 0.6 is 0 Å². The number of piperazine rings is 1. The van der Waals surface area contributed by atoms with Crippen molar-refractivity contribution in [1.82, 2.24) is 24.4 Å². The summed E-state index contributed by atoms with van der Waals surface area (Å²) >= 11 is 0. The Labute approximate surface area is 173 Å². The number of carbonyl (C=O) groups is 1. The van der Waals surface area contributed by atoms with Gasteiger partial charge < -0.3 is 9.64 Å². The van der Waals surface area contributed by atoms with E-state index in [2.05, 4.69) is 17.8 Å². The number of nitrogens with zero attached hydrogens (tertiary/aromatic N) is 3. The zero-order chi connectivity index (χ0) is 21.2. The van der Waals surface area contributed by atoms with Crippen LogP contribution in [-0.4, -0.2) is 81.3 Å². The fraction of sp³-hybridized carbons (Fsp3) is 0.632. The van der Waals surface area contributed by atoms with Gasteiger partial charge in [0.05, 0.1) is 13.2 Å². The highest BCUT2D eigenvalue weighted by Gasteiger charge is 2.37. The molecule has 29 heavy (non-hydrogen) atoms. The molecule has 1 aromatic carbocycles.